The molecule has 0 bridgehead atoms. The van der Waals surface area contributed by atoms with Gasteiger partial charge in [0, 0.05) is 30.1 Å². The predicted molar refractivity (Wildman–Crippen MR) is 113 cm³/mol. The standard InChI is InChI=1S/C24H26N2O3/c1-16(17-5-3-2-4-6-17)18-7-8-20-19(10-12-29-23(20)13-18)14-26-22-15-25-11-9-21(22)24(27)28/h2-9,11,13,15-16,19,24,26-28H,10,12,14H2,1H3/t16?,19-/m0/s1. The molecule has 1 unspecified atom stereocenters. The lowest BCUT2D eigenvalue weighted by Crippen LogP contribution is -2.21. The molecule has 2 aromatic carbocycles. The quantitative estimate of drug-likeness (QED) is 0.550. The minimum absolute atomic E-state index is 0.281. The van der Waals surface area contributed by atoms with E-state index in [1.807, 2.05) is 6.07 Å². The fourth-order valence-electron chi connectivity index (χ4n) is 3.91. The Morgan fingerprint density at radius 2 is 1.93 bits per heavy atom. The maximum Gasteiger partial charge on any atom is 0.180 e. The number of anilines is 1. The van der Waals surface area contributed by atoms with Crippen molar-refractivity contribution in [2.24, 2.45) is 0 Å². The maximum atomic E-state index is 9.54. The van der Waals surface area contributed by atoms with Crippen LogP contribution in [0.4, 0.5) is 5.69 Å². The number of ether oxygens (including phenoxy) is 1. The number of nitrogens with one attached hydrogen (secondary N) is 1. The van der Waals surface area contributed by atoms with Crippen molar-refractivity contribution in [3.8, 4) is 5.75 Å². The zero-order valence-corrected chi connectivity index (χ0v) is 16.5. The van der Waals surface area contributed by atoms with E-state index in [2.05, 4.69) is 59.7 Å². The molecule has 1 aliphatic heterocycles. The minimum Gasteiger partial charge on any atom is -0.493 e. The van der Waals surface area contributed by atoms with Crippen LogP contribution in [0.1, 0.15) is 53.7 Å². The van der Waals surface area contributed by atoms with E-state index in [0.717, 1.165) is 12.2 Å². The van der Waals surface area contributed by atoms with Crippen LogP contribution in [0.3, 0.4) is 0 Å². The number of aliphatic hydroxyl groups is 2. The molecular formula is C24H26N2O3. The molecule has 150 valence electrons. The lowest BCUT2D eigenvalue weighted by molar-refractivity contribution is -0.0419. The molecule has 0 radical (unpaired) electrons. The van der Waals surface area contributed by atoms with Gasteiger partial charge in [-0.2, -0.15) is 0 Å². The van der Waals surface area contributed by atoms with Crippen LogP contribution in [0.25, 0.3) is 0 Å². The fourth-order valence-corrected chi connectivity index (χ4v) is 3.91. The smallest absolute Gasteiger partial charge is 0.180 e. The summed E-state index contributed by atoms with van der Waals surface area (Å²) in [4.78, 5) is 4.09. The van der Waals surface area contributed by atoms with E-state index in [9.17, 15) is 10.2 Å². The monoisotopic (exact) mass is 390 g/mol. The van der Waals surface area contributed by atoms with E-state index in [1.165, 1.54) is 16.7 Å². The van der Waals surface area contributed by atoms with Crippen LogP contribution in [0.2, 0.25) is 0 Å². The number of rotatable bonds is 6. The second-order valence-corrected chi connectivity index (χ2v) is 7.48. The van der Waals surface area contributed by atoms with Gasteiger partial charge in [-0.3, -0.25) is 4.98 Å². The SMILES string of the molecule is CC(c1ccccc1)c1ccc2c(c1)OCC[C@H]2CNc1cnccc1C(O)O. The lowest BCUT2D eigenvalue weighted by atomic mass is 9.88. The van der Waals surface area contributed by atoms with Crippen molar-refractivity contribution in [3.63, 3.8) is 0 Å². The number of aromatic nitrogens is 1. The first kappa shape index (κ1) is 19.4. The molecule has 0 fully saturated rings. The molecule has 5 nitrogen and oxygen atoms in total. The Balaban J connectivity index is 1.52. The van der Waals surface area contributed by atoms with Gasteiger partial charge in [-0.1, -0.05) is 49.4 Å². The summed E-state index contributed by atoms with van der Waals surface area (Å²) in [5, 5.41) is 22.4. The summed E-state index contributed by atoms with van der Waals surface area (Å²) in [6.45, 7) is 3.56. The highest BCUT2D eigenvalue weighted by Gasteiger charge is 2.23. The number of hydrogen-bond donors (Lipinski definition) is 3. The average molecular weight is 390 g/mol. The third-order valence-electron chi connectivity index (χ3n) is 5.67. The van der Waals surface area contributed by atoms with Crippen molar-refractivity contribution in [3.05, 3.63) is 89.2 Å². The van der Waals surface area contributed by atoms with Crippen LogP contribution in [0.15, 0.2) is 67.0 Å². The summed E-state index contributed by atoms with van der Waals surface area (Å²) in [5.74, 6) is 1.52. The molecule has 3 N–H and O–H groups in total. The summed E-state index contributed by atoms with van der Waals surface area (Å²) in [5.41, 5.74) is 4.78. The van der Waals surface area contributed by atoms with Crippen LogP contribution >= 0.6 is 0 Å². The van der Waals surface area contributed by atoms with E-state index in [-0.39, 0.29) is 5.92 Å². The molecule has 5 heteroatoms. The minimum atomic E-state index is -1.52. The van der Waals surface area contributed by atoms with E-state index >= 15 is 0 Å². The van der Waals surface area contributed by atoms with Crippen molar-refractivity contribution in [2.45, 2.75) is 31.5 Å². The van der Waals surface area contributed by atoms with Crippen LogP contribution in [-0.4, -0.2) is 28.3 Å². The Hall–Kier alpha value is -2.89. The average Bonchev–Trinajstić information content (AvgIpc) is 2.77. The van der Waals surface area contributed by atoms with E-state index in [1.54, 1.807) is 18.5 Å². The highest BCUT2D eigenvalue weighted by Crippen LogP contribution is 2.37. The van der Waals surface area contributed by atoms with Gasteiger partial charge in [-0.25, -0.2) is 0 Å². The predicted octanol–water partition coefficient (Wildman–Crippen LogP) is 4.19. The Labute approximate surface area is 171 Å². The van der Waals surface area contributed by atoms with Gasteiger partial charge in [0.25, 0.3) is 0 Å². The van der Waals surface area contributed by atoms with Crippen molar-refractivity contribution >= 4 is 5.69 Å². The fraction of sp³-hybridized carbons (Fsp3) is 0.292. The topological polar surface area (TPSA) is 74.6 Å². The third kappa shape index (κ3) is 4.26. The van der Waals surface area contributed by atoms with Crippen LogP contribution in [0.5, 0.6) is 5.75 Å². The second-order valence-electron chi connectivity index (χ2n) is 7.48. The number of aliphatic hydroxyl groups excluding tert-OH is 1. The highest BCUT2D eigenvalue weighted by molar-refractivity contribution is 5.51. The van der Waals surface area contributed by atoms with Gasteiger partial charge in [-0.15, -0.1) is 0 Å². The molecule has 4 rings (SSSR count). The van der Waals surface area contributed by atoms with E-state index < -0.39 is 6.29 Å². The molecule has 0 amide bonds. The summed E-state index contributed by atoms with van der Waals surface area (Å²) in [6, 6.07) is 18.6. The Kier molecular flexibility index (Phi) is 5.79. The van der Waals surface area contributed by atoms with Gasteiger partial charge in [0.1, 0.15) is 5.75 Å². The number of fused-ring (bicyclic) bond motifs is 1. The Morgan fingerprint density at radius 1 is 1.10 bits per heavy atom. The molecule has 2 heterocycles. The van der Waals surface area contributed by atoms with Gasteiger partial charge >= 0.3 is 0 Å². The van der Waals surface area contributed by atoms with Crippen molar-refractivity contribution < 1.29 is 14.9 Å². The second kappa shape index (κ2) is 8.64. The van der Waals surface area contributed by atoms with Crippen molar-refractivity contribution in [1.82, 2.24) is 4.98 Å². The van der Waals surface area contributed by atoms with Gasteiger partial charge in [0.05, 0.1) is 18.5 Å². The van der Waals surface area contributed by atoms with Gasteiger partial charge in [0.2, 0.25) is 0 Å². The Morgan fingerprint density at radius 3 is 2.72 bits per heavy atom. The summed E-state index contributed by atoms with van der Waals surface area (Å²) in [7, 11) is 0. The zero-order chi connectivity index (χ0) is 20.2. The van der Waals surface area contributed by atoms with Crippen molar-refractivity contribution in [1.29, 1.82) is 0 Å². The Bertz CT molecular complexity index is 959. The molecule has 0 aliphatic carbocycles. The summed E-state index contributed by atoms with van der Waals surface area (Å²) >= 11 is 0. The van der Waals surface area contributed by atoms with Crippen LogP contribution in [-0.2, 0) is 0 Å². The first-order chi connectivity index (χ1) is 14.1. The van der Waals surface area contributed by atoms with Gasteiger partial charge in [0.15, 0.2) is 6.29 Å². The van der Waals surface area contributed by atoms with Gasteiger partial charge in [-0.05, 0) is 35.2 Å². The zero-order valence-electron chi connectivity index (χ0n) is 16.5. The lowest BCUT2D eigenvalue weighted by Gasteiger charge is -2.28. The molecule has 29 heavy (non-hydrogen) atoms. The normalized spacial score (nSPS) is 16.8. The van der Waals surface area contributed by atoms with E-state index in [0.29, 0.717) is 30.3 Å². The molecule has 1 aliphatic rings. The van der Waals surface area contributed by atoms with Crippen LogP contribution in [0, 0.1) is 0 Å². The molecule has 0 saturated heterocycles. The first-order valence-electron chi connectivity index (χ1n) is 9.99. The number of pyridine rings is 1. The van der Waals surface area contributed by atoms with Gasteiger partial charge < -0.3 is 20.3 Å². The largest absolute Gasteiger partial charge is 0.493 e. The van der Waals surface area contributed by atoms with Crippen molar-refractivity contribution in [2.75, 3.05) is 18.5 Å². The van der Waals surface area contributed by atoms with Crippen LogP contribution < -0.4 is 10.1 Å². The third-order valence-corrected chi connectivity index (χ3v) is 5.67. The highest BCUT2D eigenvalue weighted by atomic mass is 16.5. The maximum absolute atomic E-state index is 9.54. The number of hydrogen-bond acceptors (Lipinski definition) is 5. The molecule has 3 aromatic rings. The van der Waals surface area contributed by atoms with E-state index in [4.69, 9.17) is 4.74 Å². The molecule has 2 atom stereocenters. The molecular weight excluding hydrogens is 364 g/mol. The number of benzene rings is 2. The molecule has 1 aromatic heterocycles. The summed E-state index contributed by atoms with van der Waals surface area (Å²) < 4.78 is 5.97. The first-order valence-corrected chi connectivity index (χ1v) is 9.99. The molecule has 0 spiro atoms. The molecule has 0 saturated carbocycles. The summed E-state index contributed by atoms with van der Waals surface area (Å²) in [6.07, 6.45) is 2.56. The number of nitrogens with zero attached hydrogens (tertiary/aromatic N) is 1.